The zero-order valence-corrected chi connectivity index (χ0v) is 15.6. The third-order valence-electron chi connectivity index (χ3n) is 4.64. The highest BCUT2D eigenvalue weighted by molar-refractivity contribution is 7.89. The van der Waals surface area contributed by atoms with Crippen molar-refractivity contribution in [2.24, 2.45) is 0 Å². The second-order valence-electron chi connectivity index (χ2n) is 6.45. The zero-order chi connectivity index (χ0) is 19.0. The van der Waals surface area contributed by atoms with E-state index in [1.807, 2.05) is 28.8 Å². The molecule has 27 heavy (non-hydrogen) atoms. The number of hydrogen-bond donors (Lipinski definition) is 0. The van der Waals surface area contributed by atoms with Gasteiger partial charge in [0.25, 0.3) is 0 Å². The highest BCUT2D eigenvalue weighted by atomic mass is 32.2. The molecule has 1 aromatic carbocycles. The third-order valence-corrected chi connectivity index (χ3v) is 6.60. The van der Waals surface area contributed by atoms with Gasteiger partial charge >= 0.3 is 5.97 Å². The van der Waals surface area contributed by atoms with E-state index in [1.54, 1.807) is 18.3 Å². The lowest BCUT2D eigenvalue weighted by Crippen LogP contribution is -2.34. The number of ether oxygens (including phenoxy) is 1. The van der Waals surface area contributed by atoms with Gasteiger partial charge < -0.3 is 9.14 Å². The highest BCUT2D eigenvalue weighted by Gasteiger charge is 2.40. The molecule has 0 atom stereocenters. The van der Waals surface area contributed by atoms with Crippen LogP contribution in [0.4, 0.5) is 0 Å². The van der Waals surface area contributed by atoms with Gasteiger partial charge in [-0.15, -0.1) is 0 Å². The third kappa shape index (κ3) is 3.22. The quantitative estimate of drug-likeness (QED) is 0.609. The summed E-state index contributed by atoms with van der Waals surface area (Å²) >= 11 is 0. The van der Waals surface area contributed by atoms with E-state index in [9.17, 15) is 13.2 Å². The first-order valence-electron chi connectivity index (χ1n) is 8.62. The first-order chi connectivity index (χ1) is 13.0. The molecule has 3 aromatic rings. The van der Waals surface area contributed by atoms with Crippen LogP contribution in [0.2, 0.25) is 0 Å². The van der Waals surface area contributed by atoms with Gasteiger partial charge in [0.2, 0.25) is 10.0 Å². The van der Waals surface area contributed by atoms with Gasteiger partial charge in [-0.1, -0.05) is 18.2 Å². The van der Waals surface area contributed by atoms with Crippen LogP contribution in [0.5, 0.6) is 0 Å². The lowest BCUT2D eigenvalue weighted by molar-refractivity contribution is 0.0596. The number of carbonyl (C=O) groups excluding carboxylic acids is 1. The second kappa shape index (κ2) is 6.79. The number of imidazole rings is 1. The number of carbonyl (C=O) groups is 1. The topological polar surface area (TPSA) is 81.0 Å². The number of methoxy groups -OCH3 is 1. The SMILES string of the molecule is COC(=O)c1ccccc1S(=O)(=O)N(Cc1cnc2ccccn12)C1CC1. The number of nitrogens with zero attached hydrogens (tertiary/aromatic N) is 3. The van der Waals surface area contributed by atoms with Crippen molar-refractivity contribution in [2.45, 2.75) is 30.3 Å². The maximum atomic E-state index is 13.4. The summed E-state index contributed by atoms with van der Waals surface area (Å²) in [7, 11) is -2.64. The molecule has 1 aliphatic carbocycles. The molecule has 7 nitrogen and oxygen atoms in total. The molecule has 0 radical (unpaired) electrons. The average molecular weight is 385 g/mol. The summed E-state index contributed by atoms with van der Waals surface area (Å²) in [6.45, 7) is 0.188. The van der Waals surface area contributed by atoms with E-state index in [1.165, 1.54) is 23.5 Å². The summed E-state index contributed by atoms with van der Waals surface area (Å²) < 4.78 is 34.9. The van der Waals surface area contributed by atoms with Gasteiger partial charge in [-0.3, -0.25) is 0 Å². The number of hydrogen-bond acceptors (Lipinski definition) is 5. The van der Waals surface area contributed by atoms with Gasteiger partial charge in [-0.2, -0.15) is 4.31 Å². The van der Waals surface area contributed by atoms with Crippen molar-refractivity contribution in [3.63, 3.8) is 0 Å². The molecule has 8 heteroatoms. The van der Waals surface area contributed by atoms with Gasteiger partial charge in [0.05, 0.1) is 36.0 Å². The van der Waals surface area contributed by atoms with E-state index < -0.39 is 16.0 Å². The van der Waals surface area contributed by atoms with Crippen LogP contribution in [0.15, 0.2) is 59.8 Å². The molecule has 0 aliphatic heterocycles. The van der Waals surface area contributed by atoms with E-state index in [4.69, 9.17) is 4.74 Å². The number of esters is 1. The Balaban J connectivity index is 1.75. The Kier molecular flexibility index (Phi) is 4.45. The summed E-state index contributed by atoms with van der Waals surface area (Å²) in [4.78, 5) is 16.4. The number of pyridine rings is 1. The van der Waals surface area contributed by atoms with Crippen molar-refractivity contribution >= 4 is 21.6 Å². The molecule has 2 aromatic heterocycles. The molecule has 1 aliphatic rings. The minimum atomic E-state index is -3.88. The molecule has 0 unspecified atom stereocenters. The Morgan fingerprint density at radius 3 is 2.70 bits per heavy atom. The van der Waals surface area contributed by atoms with E-state index >= 15 is 0 Å². The van der Waals surface area contributed by atoms with E-state index in [0.717, 1.165) is 24.2 Å². The number of rotatable bonds is 6. The van der Waals surface area contributed by atoms with E-state index in [2.05, 4.69) is 4.98 Å². The van der Waals surface area contributed by atoms with Crippen LogP contribution in [0.25, 0.3) is 5.65 Å². The van der Waals surface area contributed by atoms with Gasteiger partial charge in [0.15, 0.2) is 0 Å². The van der Waals surface area contributed by atoms with Crippen molar-refractivity contribution < 1.29 is 17.9 Å². The molecule has 2 heterocycles. The summed E-state index contributed by atoms with van der Waals surface area (Å²) in [5.74, 6) is -0.667. The molecular weight excluding hydrogens is 366 g/mol. The van der Waals surface area contributed by atoms with Gasteiger partial charge in [-0.05, 0) is 37.1 Å². The van der Waals surface area contributed by atoms with Crippen molar-refractivity contribution in [1.82, 2.24) is 13.7 Å². The summed E-state index contributed by atoms with van der Waals surface area (Å²) in [5, 5.41) is 0. The fourth-order valence-corrected chi connectivity index (χ4v) is 4.97. The normalized spacial score (nSPS) is 14.6. The molecule has 140 valence electrons. The van der Waals surface area contributed by atoms with Crippen LogP contribution >= 0.6 is 0 Å². The van der Waals surface area contributed by atoms with Crippen molar-refractivity contribution in [1.29, 1.82) is 0 Å². The lowest BCUT2D eigenvalue weighted by Gasteiger charge is -2.22. The predicted octanol–water partition coefficient (Wildman–Crippen LogP) is 2.47. The molecule has 0 bridgehead atoms. The largest absolute Gasteiger partial charge is 0.465 e. The number of benzene rings is 1. The van der Waals surface area contributed by atoms with Crippen LogP contribution < -0.4 is 0 Å². The summed E-state index contributed by atoms with van der Waals surface area (Å²) in [6, 6.07) is 11.7. The van der Waals surface area contributed by atoms with Gasteiger partial charge in [0.1, 0.15) is 5.65 Å². The van der Waals surface area contributed by atoms with Crippen LogP contribution in [-0.4, -0.2) is 41.2 Å². The lowest BCUT2D eigenvalue weighted by atomic mass is 10.2. The van der Waals surface area contributed by atoms with Gasteiger partial charge in [0, 0.05) is 12.2 Å². The first kappa shape index (κ1) is 17.7. The Hall–Kier alpha value is -2.71. The highest BCUT2D eigenvalue weighted by Crippen LogP contribution is 2.34. The fraction of sp³-hybridized carbons (Fsp3) is 0.263. The molecular formula is C19H19N3O4S. The van der Waals surface area contributed by atoms with Crippen LogP contribution in [-0.2, 0) is 21.3 Å². The zero-order valence-electron chi connectivity index (χ0n) is 14.8. The Morgan fingerprint density at radius 1 is 1.22 bits per heavy atom. The molecule has 0 N–H and O–H groups in total. The molecule has 0 amide bonds. The molecule has 1 saturated carbocycles. The standard InChI is InChI=1S/C19H19N3O4S/c1-26-19(23)16-6-2-3-7-17(16)27(24,25)22(14-9-10-14)13-15-12-20-18-8-4-5-11-21(15)18/h2-8,11-12,14H,9-10,13H2,1H3. The maximum absolute atomic E-state index is 13.4. The van der Waals surface area contributed by atoms with E-state index in [-0.39, 0.29) is 23.0 Å². The number of sulfonamides is 1. The average Bonchev–Trinajstić information content (AvgIpc) is 3.45. The monoisotopic (exact) mass is 385 g/mol. The molecule has 4 rings (SSSR count). The van der Waals surface area contributed by atoms with Gasteiger partial charge in [-0.25, -0.2) is 18.2 Å². The Bertz CT molecular complexity index is 1100. The smallest absolute Gasteiger partial charge is 0.339 e. The van der Waals surface area contributed by atoms with E-state index in [0.29, 0.717) is 0 Å². The minimum absolute atomic E-state index is 0.0300. The number of fused-ring (bicyclic) bond motifs is 1. The minimum Gasteiger partial charge on any atom is -0.465 e. The second-order valence-corrected chi connectivity index (χ2v) is 8.31. The van der Waals surface area contributed by atoms with Crippen molar-refractivity contribution in [2.75, 3.05) is 7.11 Å². The summed E-state index contributed by atoms with van der Waals surface area (Å²) in [5.41, 5.74) is 1.58. The summed E-state index contributed by atoms with van der Waals surface area (Å²) in [6.07, 6.45) is 5.15. The maximum Gasteiger partial charge on any atom is 0.339 e. The predicted molar refractivity (Wildman–Crippen MR) is 98.7 cm³/mol. The molecule has 0 spiro atoms. The fourth-order valence-electron chi connectivity index (χ4n) is 3.13. The van der Waals surface area contributed by atoms with Crippen LogP contribution in [0, 0.1) is 0 Å². The number of aromatic nitrogens is 2. The van der Waals surface area contributed by atoms with Crippen LogP contribution in [0.3, 0.4) is 0 Å². The first-order valence-corrected chi connectivity index (χ1v) is 10.1. The van der Waals surface area contributed by atoms with Crippen molar-refractivity contribution in [3.05, 3.63) is 66.1 Å². The molecule has 0 saturated heterocycles. The van der Waals surface area contributed by atoms with Crippen molar-refractivity contribution in [3.8, 4) is 0 Å². The van der Waals surface area contributed by atoms with Crippen LogP contribution in [0.1, 0.15) is 28.9 Å². The Morgan fingerprint density at radius 2 is 1.96 bits per heavy atom. The molecule has 1 fully saturated rings. The Labute approximate surface area is 157 Å².